The molecule has 0 heterocycles. The smallest absolute Gasteiger partial charge is 0.393 e. The van der Waals surface area contributed by atoms with E-state index in [4.69, 9.17) is 4.74 Å². The Kier molecular flexibility index (Phi) is 5.82. The lowest BCUT2D eigenvalue weighted by Crippen LogP contribution is -2.21. The summed E-state index contributed by atoms with van der Waals surface area (Å²) >= 11 is 0. The first kappa shape index (κ1) is 16.0. The number of hydrogen-bond donors (Lipinski definition) is 1. The van der Waals surface area contributed by atoms with E-state index >= 15 is 0 Å². The molecule has 1 rings (SSSR count). The molecule has 0 saturated heterocycles. The minimum Gasteiger partial charge on any atom is -0.393 e. The van der Waals surface area contributed by atoms with Gasteiger partial charge in [-0.1, -0.05) is 25.1 Å². The minimum absolute atomic E-state index is 0.0190. The number of rotatable bonds is 6. The quantitative estimate of drug-likeness (QED) is 0.864. The number of halogens is 3. The first-order chi connectivity index (χ1) is 8.84. The highest BCUT2D eigenvalue weighted by Crippen LogP contribution is 2.30. The van der Waals surface area contributed by atoms with Crippen molar-refractivity contribution in [3.05, 3.63) is 35.4 Å². The largest absolute Gasteiger partial charge is 0.416 e. The van der Waals surface area contributed by atoms with Crippen LogP contribution in [0.25, 0.3) is 0 Å². The van der Waals surface area contributed by atoms with E-state index in [0.717, 1.165) is 12.1 Å². The zero-order chi connectivity index (χ0) is 14.5. The summed E-state index contributed by atoms with van der Waals surface area (Å²) in [6.45, 7) is 2.39. The fourth-order valence-electron chi connectivity index (χ4n) is 1.81. The number of aliphatic hydroxyl groups excluding tert-OH is 1. The van der Waals surface area contributed by atoms with Crippen LogP contribution in [0.3, 0.4) is 0 Å². The third kappa shape index (κ3) is 5.20. The fraction of sp³-hybridized carbons (Fsp3) is 0.571. The van der Waals surface area contributed by atoms with Gasteiger partial charge >= 0.3 is 6.18 Å². The number of benzene rings is 1. The molecular formula is C14H19F3O2. The van der Waals surface area contributed by atoms with Gasteiger partial charge < -0.3 is 9.84 Å². The molecule has 0 aliphatic carbocycles. The Labute approximate surface area is 111 Å². The Balaban J connectivity index is 2.66. The van der Waals surface area contributed by atoms with Gasteiger partial charge in [0, 0.05) is 13.7 Å². The maximum absolute atomic E-state index is 12.6. The van der Waals surface area contributed by atoms with Gasteiger partial charge in [-0.2, -0.15) is 13.2 Å². The van der Waals surface area contributed by atoms with Crippen molar-refractivity contribution >= 4 is 0 Å². The van der Waals surface area contributed by atoms with E-state index in [1.54, 1.807) is 13.2 Å². The summed E-state index contributed by atoms with van der Waals surface area (Å²) in [6, 6.07) is 5.09. The molecule has 0 spiro atoms. The van der Waals surface area contributed by atoms with Crippen LogP contribution in [0.4, 0.5) is 13.2 Å². The number of aliphatic hydroxyl groups is 1. The summed E-state index contributed by atoms with van der Waals surface area (Å²) in [5.74, 6) is -0.0190. The van der Waals surface area contributed by atoms with Crippen molar-refractivity contribution in [3.8, 4) is 0 Å². The third-order valence-electron chi connectivity index (χ3n) is 3.13. The Morgan fingerprint density at radius 1 is 1.32 bits per heavy atom. The molecule has 2 nitrogen and oxygen atoms in total. The highest BCUT2D eigenvalue weighted by atomic mass is 19.4. The molecule has 0 fully saturated rings. The van der Waals surface area contributed by atoms with Crippen molar-refractivity contribution in [1.82, 2.24) is 0 Å². The predicted molar refractivity (Wildman–Crippen MR) is 66.8 cm³/mol. The number of methoxy groups -OCH3 is 1. The zero-order valence-electron chi connectivity index (χ0n) is 11.1. The predicted octanol–water partition coefficient (Wildman–Crippen LogP) is 3.28. The molecule has 19 heavy (non-hydrogen) atoms. The van der Waals surface area contributed by atoms with Crippen LogP contribution in [0.5, 0.6) is 0 Å². The number of alkyl halides is 3. The van der Waals surface area contributed by atoms with Crippen molar-refractivity contribution in [2.45, 2.75) is 32.0 Å². The summed E-state index contributed by atoms with van der Waals surface area (Å²) in [4.78, 5) is 0. The van der Waals surface area contributed by atoms with Crippen LogP contribution in [0.1, 0.15) is 24.5 Å². The zero-order valence-corrected chi connectivity index (χ0v) is 11.1. The molecule has 0 aromatic heterocycles. The van der Waals surface area contributed by atoms with Crippen molar-refractivity contribution in [3.63, 3.8) is 0 Å². The molecule has 2 unspecified atom stereocenters. The molecule has 0 amide bonds. The molecule has 1 aromatic carbocycles. The van der Waals surface area contributed by atoms with Gasteiger partial charge in [-0.25, -0.2) is 0 Å². The lowest BCUT2D eigenvalue weighted by molar-refractivity contribution is -0.137. The van der Waals surface area contributed by atoms with Crippen molar-refractivity contribution in [2.24, 2.45) is 5.92 Å². The summed E-state index contributed by atoms with van der Waals surface area (Å²) in [7, 11) is 1.58. The van der Waals surface area contributed by atoms with Crippen LogP contribution in [0.2, 0.25) is 0 Å². The molecule has 1 aromatic rings. The van der Waals surface area contributed by atoms with Gasteiger partial charge in [0.2, 0.25) is 0 Å². The van der Waals surface area contributed by atoms with E-state index in [1.165, 1.54) is 6.07 Å². The van der Waals surface area contributed by atoms with E-state index in [-0.39, 0.29) is 12.3 Å². The normalized spacial score (nSPS) is 15.3. The summed E-state index contributed by atoms with van der Waals surface area (Å²) in [5.41, 5.74) is -0.187. The Hall–Kier alpha value is -1.07. The molecule has 108 valence electrons. The van der Waals surface area contributed by atoms with Gasteiger partial charge in [-0.3, -0.25) is 0 Å². The first-order valence-corrected chi connectivity index (χ1v) is 6.17. The second kappa shape index (κ2) is 6.91. The van der Waals surface area contributed by atoms with Crippen molar-refractivity contribution in [2.75, 3.05) is 13.7 Å². The second-order valence-electron chi connectivity index (χ2n) is 4.73. The number of ether oxygens (including phenoxy) is 1. The van der Waals surface area contributed by atoms with Crippen LogP contribution in [0, 0.1) is 5.92 Å². The van der Waals surface area contributed by atoms with E-state index in [2.05, 4.69) is 0 Å². The first-order valence-electron chi connectivity index (χ1n) is 6.17. The minimum atomic E-state index is -4.34. The average molecular weight is 276 g/mol. The molecule has 0 saturated carbocycles. The highest BCUT2D eigenvalue weighted by molar-refractivity contribution is 5.26. The molecular weight excluding hydrogens is 257 g/mol. The van der Waals surface area contributed by atoms with Crippen LogP contribution in [-0.4, -0.2) is 24.9 Å². The molecule has 0 aliphatic heterocycles. The highest BCUT2D eigenvalue weighted by Gasteiger charge is 2.30. The lowest BCUT2D eigenvalue weighted by atomic mass is 9.94. The molecule has 0 radical (unpaired) electrons. The molecule has 0 aliphatic rings. The van der Waals surface area contributed by atoms with Gasteiger partial charge in [0.1, 0.15) is 0 Å². The van der Waals surface area contributed by atoms with Crippen molar-refractivity contribution < 1.29 is 23.0 Å². The number of hydrogen-bond acceptors (Lipinski definition) is 2. The van der Waals surface area contributed by atoms with Crippen LogP contribution in [0.15, 0.2) is 24.3 Å². The van der Waals surface area contributed by atoms with Gasteiger partial charge in [0.25, 0.3) is 0 Å². The molecule has 1 N–H and O–H groups in total. The summed E-state index contributed by atoms with van der Waals surface area (Å²) < 4.78 is 42.6. The van der Waals surface area contributed by atoms with E-state index in [0.29, 0.717) is 18.6 Å². The monoisotopic (exact) mass is 276 g/mol. The van der Waals surface area contributed by atoms with E-state index < -0.39 is 17.8 Å². The summed E-state index contributed by atoms with van der Waals surface area (Å²) in [5, 5.41) is 9.95. The second-order valence-corrected chi connectivity index (χ2v) is 4.73. The lowest BCUT2D eigenvalue weighted by Gasteiger charge is -2.19. The third-order valence-corrected chi connectivity index (χ3v) is 3.13. The van der Waals surface area contributed by atoms with Gasteiger partial charge in [0.05, 0.1) is 11.7 Å². The maximum Gasteiger partial charge on any atom is 0.416 e. The Morgan fingerprint density at radius 2 is 2.00 bits per heavy atom. The average Bonchev–Trinajstić information content (AvgIpc) is 2.35. The van der Waals surface area contributed by atoms with E-state index in [1.807, 2.05) is 6.92 Å². The van der Waals surface area contributed by atoms with E-state index in [9.17, 15) is 18.3 Å². The Morgan fingerprint density at radius 3 is 2.58 bits per heavy atom. The molecule has 0 bridgehead atoms. The van der Waals surface area contributed by atoms with Gasteiger partial charge in [-0.15, -0.1) is 0 Å². The van der Waals surface area contributed by atoms with Crippen LogP contribution >= 0.6 is 0 Å². The fourth-order valence-corrected chi connectivity index (χ4v) is 1.81. The molecule has 2 atom stereocenters. The maximum atomic E-state index is 12.6. The molecule has 5 heteroatoms. The standard InChI is InChI=1S/C14H19F3O2/c1-10(6-7-19-2)13(18)9-11-4-3-5-12(8-11)14(15,16)17/h3-5,8,10,13,18H,6-7,9H2,1-2H3. The summed E-state index contributed by atoms with van der Waals surface area (Å²) in [6.07, 6.45) is -4.12. The van der Waals surface area contributed by atoms with Crippen LogP contribution < -0.4 is 0 Å². The topological polar surface area (TPSA) is 29.5 Å². The SMILES string of the molecule is COCCC(C)C(O)Cc1cccc(C(F)(F)F)c1. The van der Waals surface area contributed by atoms with Crippen LogP contribution in [-0.2, 0) is 17.3 Å². The van der Waals surface area contributed by atoms with Gasteiger partial charge in [0.15, 0.2) is 0 Å². The van der Waals surface area contributed by atoms with Crippen molar-refractivity contribution in [1.29, 1.82) is 0 Å². The Bertz CT molecular complexity index is 391. The van der Waals surface area contributed by atoms with Gasteiger partial charge in [-0.05, 0) is 30.4 Å².